The maximum atomic E-state index is 12.5. The van der Waals surface area contributed by atoms with Crippen molar-refractivity contribution in [1.82, 2.24) is 0 Å². The molecule has 6 nitrogen and oxygen atoms in total. The molecular formula is C18H13N3O3S. The number of thiophene rings is 1. The average molecular weight is 351 g/mol. The van der Waals surface area contributed by atoms with Gasteiger partial charge in [0.15, 0.2) is 0 Å². The van der Waals surface area contributed by atoms with Crippen LogP contribution in [0.4, 0.5) is 16.4 Å². The van der Waals surface area contributed by atoms with E-state index in [2.05, 4.69) is 10.3 Å². The summed E-state index contributed by atoms with van der Waals surface area (Å²) in [6, 6.07) is 19.1. The SMILES string of the molecule is O=C(Nc1ccccc1)c1ccccc1N=Cc1ccc([N+](=O)[O-])s1. The van der Waals surface area contributed by atoms with E-state index >= 15 is 0 Å². The fourth-order valence-electron chi connectivity index (χ4n) is 2.14. The first kappa shape index (κ1) is 16.5. The van der Waals surface area contributed by atoms with Gasteiger partial charge in [0.1, 0.15) is 0 Å². The van der Waals surface area contributed by atoms with Crippen LogP contribution in [-0.2, 0) is 0 Å². The van der Waals surface area contributed by atoms with Crippen molar-refractivity contribution in [3.8, 4) is 0 Å². The molecule has 0 unspecified atom stereocenters. The molecule has 1 aromatic heterocycles. The topological polar surface area (TPSA) is 84.6 Å². The zero-order valence-corrected chi connectivity index (χ0v) is 13.8. The minimum atomic E-state index is -0.441. The van der Waals surface area contributed by atoms with Gasteiger partial charge in [-0.15, -0.1) is 0 Å². The second kappa shape index (κ2) is 7.50. The van der Waals surface area contributed by atoms with E-state index in [0.29, 0.717) is 21.8 Å². The van der Waals surface area contributed by atoms with Crippen molar-refractivity contribution in [2.24, 2.45) is 4.99 Å². The number of rotatable bonds is 5. The molecule has 0 saturated heterocycles. The summed E-state index contributed by atoms with van der Waals surface area (Å²) in [6.07, 6.45) is 1.52. The molecule has 7 heteroatoms. The van der Waals surface area contributed by atoms with Gasteiger partial charge in [0, 0.05) is 18.0 Å². The average Bonchev–Trinajstić information content (AvgIpc) is 3.10. The molecule has 3 aromatic rings. The molecule has 1 N–H and O–H groups in total. The van der Waals surface area contributed by atoms with E-state index in [-0.39, 0.29) is 10.9 Å². The van der Waals surface area contributed by atoms with Gasteiger partial charge < -0.3 is 5.32 Å². The number of anilines is 1. The lowest BCUT2D eigenvalue weighted by atomic mass is 10.1. The lowest BCUT2D eigenvalue weighted by molar-refractivity contribution is -0.380. The highest BCUT2D eigenvalue weighted by Crippen LogP contribution is 2.24. The van der Waals surface area contributed by atoms with Gasteiger partial charge in [0.05, 0.1) is 21.1 Å². The Morgan fingerprint density at radius 2 is 1.76 bits per heavy atom. The van der Waals surface area contributed by atoms with Crippen molar-refractivity contribution in [3.05, 3.63) is 87.3 Å². The Hall–Kier alpha value is -3.32. The maximum absolute atomic E-state index is 12.5. The molecule has 1 heterocycles. The first-order valence-electron chi connectivity index (χ1n) is 7.37. The first-order chi connectivity index (χ1) is 12.1. The molecule has 0 aliphatic heterocycles. The minimum absolute atomic E-state index is 0.0524. The van der Waals surface area contributed by atoms with E-state index in [1.807, 2.05) is 18.2 Å². The Bertz CT molecular complexity index is 936. The number of amides is 1. The molecule has 0 bridgehead atoms. The Balaban J connectivity index is 1.81. The zero-order chi connectivity index (χ0) is 17.6. The van der Waals surface area contributed by atoms with Gasteiger partial charge in [-0.25, -0.2) is 0 Å². The predicted octanol–water partition coefficient (Wildman–Crippen LogP) is 4.66. The summed E-state index contributed by atoms with van der Waals surface area (Å²) in [5, 5.41) is 13.6. The Kier molecular flexibility index (Phi) is 4.96. The Morgan fingerprint density at radius 1 is 1.04 bits per heavy atom. The maximum Gasteiger partial charge on any atom is 0.324 e. The number of nitrogens with zero attached hydrogens (tertiary/aromatic N) is 2. The van der Waals surface area contributed by atoms with Crippen molar-refractivity contribution < 1.29 is 9.72 Å². The number of hydrogen-bond donors (Lipinski definition) is 1. The van der Waals surface area contributed by atoms with E-state index in [1.54, 1.807) is 42.5 Å². The molecule has 1 amide bonds. The quantitative estimate of drug-likeness (QED) is 0.412. The van der Waals surface area contributed by atoms with Crippen LogP contribution < -0.4 is 5.32 Å². The van der Waals surface area contributed by atoms with Crippen LogP contribution in [0, 0.1) is 10.1 Å². The molecule has 124 valence electrons. The summed E-state index contributed by atoms with van der Waals surface area (Å²) < 4.78 is 0. The largest absolute Gasteiger partial charge is 0.324 e. The fourth-order valence-corrected chi connectivity index (χ4v) is 2.83. The van der Waals surface area contributed by atoms with Gasteiger partial charge in [0.2, 0.25) is 0 Å². The molecule has 0 spiro atoms. The number of carbonyl (C=O) groups excluding carboxylic acids is 1. The first-order valence-corrected chi connectivity index (χ1v) is 8.19. The van der Waals surface area contributed by atoms with Gasteiger partial charge in [-0.05, 0) is 30.3 Å². The highest BCUT2D eigenvalue weighted by atomic mass is 32.1. The van der Waals surface area contributed by atoms with Crippen molar-refractivity contribution in [2.75, 3.05) is 5.32 Å². The van der Waals surface area contributed by atoms with Gasteiger partial charge >= 0.3 is 5.00 Å². The standard InChI is InChI=1S/C18H13N3O3S/c22-18(20-13-6-2-1-3-7-13)15-8-4-5-9-16(15)19-12-14-10-11-17(25-14)21(23)24/h1-12H,(H,20,22). The summed E-state index contributed by atoms with van der Waals surface area (Å²) >= 11 is 1.03. The van der Waals surface area contributed by atoms with Crippen LogP contribution in [0.15, 0.2) is 71.7 Å². The Labute approximate surface area is 147 Å². The molecule has 0 aliphatic rings. The lowest BCUT2D eigenvalue weighted by Gasteiger charge is -2.07. The summed E-state index contributed by atoms with van der Waals surface area (Å²) in [5.41, 5.74) is 1.61. The minimum Gasteiger partial charge on any atom is -0.322 e. The van der Waals surface area contributed by atoms with Crippen LogP contribution in [0.1, 0.15) is 15.2 Å². The number of hydrogen-bond acceptors (Lipinski definition) is 5. The van der Waals surface area contributed by atoms with Crippen LogP contribution >= 0.6 is 11.3 Å². The second-order valence-corrected chi connectivity index (χ2v) is 6.12. The zero-order valence-electron chi connectivity index (χ0n) is 13.0. The third kappa shape index (κ3) is 4.15. The van der Waals surface area contributed by atoms with Crippen LogP contribution in [-0.4, -0.2) is 17.0 Å². The fraction of sp³-hybridized carbons (Fsp3) is 0. The summed E-state index contributed by atoms with van der Waals surface area (Å²) in [4.78, 5) is 27.7. The Morgan fingerprint density at radius 3 is 2.48 bits per heavy atom. The predicted molar refractivity (Wildman–Crippen MR) is 99.1 cm³/mol. The molecule has 0 fully saturated rings. The van der Waals surface area contributed by atoms with Gasteiger partial charge in [-0.1, -0.05) is 41.7 Å². The number of aliphatic imine (C=N–C) groups is 1. The monoisotopic (exact) mass is 351 g/mol. The van der Waals surface area contributed by atoms with Crippen molar-refractivity contribution in [3.63, 3.8) is 0 Å². The lowest BCUT2D eigenvalue weighted by Crippen LogP contribution is -2.11. The van der Waals surface area contributed by atoms with Crippen molar-refractivity contribution in [2.45, 2.75) is 0 Å². The van der Waals surface area contributed by atoms with E-state index in [4.69, 9.17) is 0 Å². The number of carbonyl (C=O) groups is 1. The third-order valence-electron chi connectivity index (χ3n) is 3.30. The molecule has 3 rings (SSSR count). The van der Waals surface area contributed by atoms with Crippen molar-refractivity contribution in [1.29, 1.82) is 0 Å². The highest BCUT2D eigenvalue weighted by Gasteiger charge is 2.11. The molecule has 2 aromatic carbocycles. The third-order valence-corrected chi connectivity index (χ3v) is 4.28. The highest BCUT2D eigenvalue weighted by molar-refractivity contribution is 7.16. The van der Waals surface area contributed by atoms with E-state index in [9.17, 15) is 14.9 Å². The molecular weight excluding hydrogens is 338 g/mol. The number of nitrogens with one attached hydrogen (secondary N) is 1. The van der Waals surface area contributed by atoms with E-state index < -0.39 is 4.92 Å². The summed E-state index contributed by atoms with van der Waals surface area (Å²) in [6.45, 7) is 0. The van der Waals surface area contributed by atoms with Gasteiger partial charge in [-0.2, -0.15) is 0 Å². The number of benzene rings is 2. The number of para-hydroxylation sites is 2. The molecule has 25 heavy (non-hydrogen) atoms. The molecule has 0 atom stereocenters. The van der Waals surface area contributed by atoms with Gasteiger partial charge in [-0.3, -0.25) is 19.9 Å². The summed E-state index contributed by atoms with van der Waals surface area (Å²) in [7, 11) is 0. The molecule has 0 aliphatic carbocycles. The molecule has 0 saturated carbocycles. The van der Waals surface area contributed by atoms with E-state index in [0.717, 1.165) is 11.3 Å². The van der Waals surface area contributed by atoms with E-state index in [1.165, 1.54) is 12.3 Å². The van der Waals surface area contributed by atoms with Crippen LogP contribution in [0.2, 0.25) is 0 Å². The summed E-state index contributed by atoms with van der Waals surface area (Å²) in [5.74, 6) is -0.267. The number of nitro groups is 1. The normalized spacial score (nSPS) is 10.7. The van der Waals surface area contributed by atoms with Crippen LogP contribution in [0.3, 0.4) is 0 Å². The van der Waals surface area contributed by atoms with Crippen molar-refractivity contribution >= 4 is 39.8 Å². The van der Waals surface area contributed by atoms with Crippen LogP contribution in [0.25, 0.3) is 0 Å². The smallest absolute Gasteiger partial charge is 0.322 e. The molecule has 0 radical (unpaired) electrons. The van der Waals surface area contributed by atoms with Gasteiger partial charge in [0.25, 0.3) is 5.91 Å². The van der Waals surface area contributed by atoms with Crippen LogP contribution in [0.5, 0.6) is 0 Å². The second-order valence-electron chi connectivity index (χ2n) is 5.03.